The number of rotatable bonds is 5. The van der Waals surface area contributed by atoms with E-state index in [4.69, 9.17) is 0 Å². The van der Waals surface area contributed by atoms with Crippen LogP contribution in [0.5, 0.6) is 0 Å². The first-order valence-electron chi connectivity index (χ1n) is 9.27. The van der Waals surface area contributed by atoms with Crippen LogP contribution in [0.1, 0.15) is 55.0 Å². The van der Waals surface area contributed by atoms with Crippen molar-refractivity contribution in [1.29, 1.82) is 0 Å². The molecule has 1 aliphatic rings. The largest absolute Gasteiger partial charge is 0.392 e. The van der Waals surface area contributed by atoms with Crippen molar-refractivity contribution in [1.82, 2.24) is 4.90 Å². The molecule has 1 aliphatic heterocycles. The molecule has 1 saturated heterocycles. The molecule has 0 aliphatic carbocycles. The molecule has 0 saturated carbocycles. The maximum atomic E-state index is 9.33. The number of hydrogen-bond acceptors (Lipinski definition) is 3. The van der Waals surface area contributed by atoms with Gasteiger partial charge >= 0.3 is 0 Å². The number of piperidine rings is 1. The van der Waals surface area contributed by atoms with Crippen molar-refractivity contribution in [2.75, 3.05) is 6.54 Å². The molecule has 25 heavy (non-hydrogen) atoms. The Balaban J connectivity index is 1.99. The maximum absolute atomic E-state index is 9.33. The van der Waals surface area contributed by atoms with Gasteiger partial charge in [-0.05, 0) is 47.9 Å². The summed E-state index contributed by atoms with van der Waals surface area (Å²) in [6.07, 6.45) is 2.51. The molecule has 0 radical (unpaired) electrons. The highest BCUT2D eigenvalue weighted by Gasteiger charge is 2.31. The molecule has 0 spiro atoms. The summed E-state index contributed by atoms with van der Waals surface area (Å²) < 4.78 is 0. The first-order valence-corrected chi connectivity index (χ1v) is 9.27. The number of nitrogens with zero attached hydrogens (tertiary/aromatic N) is 1. The summed E-state index contributed by atoms with van der Waals surface area (Å²) in [7, 11) is 0. The molecule has 3 heteroatoms. The van der Waals surface area contributed by atoms with Crippen LogP contribution >= 0.6 is 0 Å². The second-order valence-electron chi connectivity index (χ2n) is 7.43. The van der Waals surface area contributed by atoms with Gasteiger partial charge in [0.05, 0.1) is 19.3 Å². The zero-order chi connectivity index (χ0) is 17.8. The second kappa shape index (κ2) is 8.13. The molecule has 134 valence electrons. The summed E-state index contributed by atoms with van der Waals surface area (Å²) in [4.78, 5) is 2.61. The summed E-state index contributed by atoms with van der Waals surface area (Å²) in [6.45, 7) is 5.90. The summed E-state index contributed by atoms with van der Waals surface area (Å²) in [5.41, 5.74) is 4.40. The predicted octanol–water partition coefficient (Wildman–Crippen LogP) is 3.88. The Bertz CT molecular complexity index is 618. The van der Waals surface area contributed by atoms with Crippen LogP contribution in [0.15, 0.2) is 48.5 Å². The third-order valence-corrected chi connectivity index (χ3v) is 5.45. The number of aliphatic hydroxyl groups excluding tert-OH is 2. The van der Waals surface area contributed by atoms with Crippen molar-refractivity contribution in [2.24, 2.45) is 5.92 Å². The van der Waals surface area contributed by atoms with Crippen LogP contribution in [0.2, 0.25) is 0 Å². The van der Waals surface area contributed by atoms with Gasteiger partial charge in [-0.1, -0.05) is 55.5 Å². The van der Waals surface area contributed by atoms with Crippen LogP contribution in [0, 0.1) is 5.92 Å². The topological polar surface area (TPSA) is 43.7 Å². The molecule has 3 rings (SSSR count). The Morgan fingerprint density at radius 3 is 1.76 bits per heavy atom. The number of likely N-dealkylation sites (tertiary alicyclic amines) is 1. The van der Waals surface area contributed by atoms with Gasteiger partial charge in [0, 0.05) is 12.6 Å². The van der Waals surface area contributed by atoms with E-state index in [0.29, 0.717) is 12.0 Å². The molecule has 0 bridgehead atoms. The van der Waals surface area contributed by atoms with Crippen LogP contribution in [0.3, 0.4) is 0 Å². The van der Waals surface area contributed by atoms with E-state index < -0.39 is 0 Å². The zero-order valence-corrected chi connectivity index (χ0v) is 15.2. The van der Waals surface area contributed by atoms with E-state index in [9.17, 15) is 10.2 Å². The Labute approximate surface area is 150 Å². The van der Waals surface area contributed by atoms with Gasteiger partial charge in [0.25, 0.3) is 0 Å². The van der Waals surface area contributed by atoms with E-state index in [-0.39, 0.29) is 19.3 Å². The van der Waals surface area contributed by atoms with Crippen molar-refractivity contribution >= 4 is 0 Å². The van der Waals surface area contributed by atoms with E-state index in [1.807, 2.05) is 24.3 Å². The fourth-order valence-electron chi connectivity index (χ4n) is 3.87. The van der Waals surface area contributed by atoms with Gasteiger partial charge in [-0.25, -0.2) is 0 Å². The lowest BCUT2D eigenvalue weighted by molar-refractivity contribution is 0.0934. The Hall–Kier alpha value is -1.68. The lowest BCUT2D eigenvalue weighted by atomic mass is 9.88. The van der Waals surface area contributed by atoms with Gasteiger partial charge in [0.2, 0.25) is 0 Å². The minimum atomic E-state index is 0.0767. The quantitative estimate of drug-likeness (QED) is 0.869. The zero-order valence-electron chi connectivity index (χ0n) is 15.2. The third-order valence-electron chi connectivity index (χ3n) is 5.45. The van der Waals surface area contributed by atoms with Gasteiger partial charge in [0.15, 0.2) is 0 Å². The van der Waals surface area contributed by atoms with Crippen molar-refractivity contribution in [3.05, 3.63) is 70.8 Å². The molecule has 2 atom stereocenters. The molecule has 1 fully saturated rings. The van der Waals surface area contributed by atoms with E-state index in [2.05, 4.69) is 43.0 Å². The fourth-order valence-corrected chi connectivity index (χ4v) is 3.87. The number of aliphatic hydroxyl groups is 2. The summed E-state index contributed by atoms with van der Waals surface area (Å²) in [5, 5.41) is 18.7. The lowest BCUT2D eigenvalue weighted by Gasteiger charge is -2.42. The molecule has 1 heterocycles. The Morgan fingerprint density at radius 1 is 0.840 bits per heavy atom. The van der Waals surface area contributed by atoms with Gasteiger partial charge in [-0.15, -0.1) is 0 Å². The van der Waals surface area contributed by atoms with Crippen molar-refractivity contribution in [2.45, 2.75) is 52.0 Å². The maximum Gasteiger partial charge on any atom is 0.0681 e. The monoisotopic (exact) mass is 339 g/mol. The molecule has 3 nitrogen and oxygen atoms in total. The average Bonchev–Trinajstić information content (AvgIpc) is 2.66. The van der Waals surface area contributed by atoms with Gasteiger partial charge < -0.3 is 10.2 Å². The summed E-state index contributed by atoms with van der Waals surface area (Å²) >= 11 is 0. The first-order chi connectivity index (χ1) is 12.1. The van der Waals surface area contributed by atoms with Crippen LogP contribution < -0.4 is 0 Å². The molecule has 0 aromatic heterocycles. The van der Waals surface area contributed by atoms with Gasteiger partial charge in [0.1, 0.15) is 0 Å². The van der Waals surface area contributed by atoms with Crippen LogP contribution in [-0.4, -0.2) is 27.7 Å². The summed E-state index contributed by atoms with van der Waals surface area (Å²) in [5.74, 6) is 0.701. The first kappa shape index (κ1) is 18.1. The number of hydrogen-bond donors (Lipinski definition) is 2. The minimum absolute atomic E-state index is 0.0767. The Morgan fingerprint density at radius 2 is 1.32 bits per heavy atom. The fraction of sp³-hybridized carbons (Fsp3) is 0.455. The molecule has 0 unspecified atom stereocenters. The van der Waals surface area contributed by atoms with E-state index >= 15 is 0 Å². The van der Waals surface area contributed by atoms with E-state index in [0.717, 1.165) is 17.7 Å². The van der Waals surface area contributed by atoms with Crippen LogP contribution in [0.4, 0.5) is 0 Å². The van der Waals surface area contributed by atoms with Crippen LogP contribution in [-0.2, 0) is 13.2 Å². The molecule has 2 N–H and O–H groups in total. The highest BCUT2D eigenvalue weighted by Crippen LogP contribution is 2.35. The van der Waals surface area contributed by atoms with Gasteiger partial charge in [-0.2, -0.15) is 0 Å². The average molecular weight is 339 g/mol. The van der Waals surface area contributed by atoms with E-state index in [1.165, 1.54) is 24.0 Å². The van der Waals surface area contributed by atoms with Crippen LogP contribution in [0.25, 0.3) is 0 Å². The molecule has 2 aromatic carbocycles. The normalized spacial score (nSPS) is 21.6. The molecular weight excluding hydrogens is 310 g/mol. The van der Waals surface area contributed by atoms with Crippen molar-refractivity contribution in [3.63, 3.8) is 0 Å². The number of benzene rings is 2. The van der Waals surface area contributed by atoms with E-state index in [1.54, 1.807) is 0 Å². The predicted molar refractivity (Wildman–Crippen MR) is 101 cm³/mol. The van der Waals surface area contributed by atoms with Crippen molar-refractivity contribution in [3.8, 4) is 0 Å². The second-order valence-corrected chi connectivity index (χ2v) is 7.43. The SMILES string of the molecule is C[C@@H]1CC[C@@H](C)N(C(c2ccc(CO)cc2)c2ccc(CO)cc2)C1. The smallest absolute Gasteiger partial charge is 0.0681 e. The standard InChI is InChI=1S/C22H29NO2/c1-16-3-4-17(2)23(13-16)22(20-9-5-18(14-24)6-10-20)21-11-7-19(15-25)8-12-21/h5-12,16-17,22,24-25H,3-4,13-15H2,1-2H3/t16-,17-/m1/s1. The molecule has 2 aromatic rings. The highest BCUT2D eigenvalue weighted by molar-refractivity contribution is 5.35. The van der Waals surface area contributed by atoms with Gasteiger partial charge in [-0.3, -0.25) is 4.90 Å². The van der Waals surface area contributed by atoms with Crippen molar-refractivity contribution < 1.29 is 10.2 Å². The molecular formula is C22H29NO2. The Kier molecular flexibility index (Phi) is 5.89. The lowest BCUT2D eigenvalue weighted by Crippen LogP contribution is -2.43. The highest BCUT2D eigenvalue weighted by atomic mass is 16.3. The summed E-state index contributed by atoms with van der Waals surface area (Å²) in [6, 6.07) is 17.4. The third kappa shape index (κ3) is 4.12. The molecule has 0 amide bonds. The minimum Gasteiger partial charge on any atom is -0.392 e.